The van der Waals surface area contributed by atoms with Crippen molar-refractivity contribution in [2.75, 3.05) is 5.32 Å². The summed E-state index contributed by atoms with van der Waals surface area (Å²) < 4.78 is 37.2. The zero-order valence-electron chi connectivity index (χ0n) is 9.70. The van der Waals surface area contributed by atoms with Gasteiger partial charge in [-0.05, 0) is 18.6 Å². The van der Waals surface area contributed by atoms with E-state index in [1.807, 2.05) is 0 Å². The molecule has 0 spiro atoms. The van der Waals surface area contributed by atoms with Crippen molar-refractivity contribution < 1.29 is 13.2 Å². The van der Waals surface area contributed by atoms with Crippen LogP contribution in [-0.2, 0) is 6.18 Å². The monoisotopic (exact) mass is 307 g/mol. The van der Waals surface area contributed by atoms with E-state index in [4.69, 9.17) is 11.6 Å². The normalized spacial score (nSPS) is 13.3. The SMILES string of the molecule is CC(Nc1nnc(C(F)(F)F)s1)c1ccccc1Cl. The lowest BCUT2D eigenvalue weighted by Gasteiger charge is -2.14. The molecule has 1 aromatic carbocycles. The molecule has 0 fully saturated rings. The number of anilines is 1. The van der Waals surface area contributed by atoms with Gasteiger partial charge in [-0.15, -0.1) is 10.2 Å². The van der Waals surface area contributed by atoms with Crippen molar-refractivity contribution in [3.05, 3.63) is 39.9 Å². The molecule has 0 saturated heterocycles. The molecule has 0 radical (unpaired) electrons. The molecular formula is C11H9ClF3N3S. The molecule has 102 valence electrons. The van der Waals surface area contributed by atoms with E-state index in [9.17, 15) is 13.2 Å². The first-order chi connectivity index (χ1) is 8.88. The number of nitrogens with one attached hydrogen (secondary N) is 1. The summed E-state index contributed by atoms with van der Waals surface area (Å²) in [5, 5.41) is 9.11. The summed E-state index contributed by atoms with van der Waals surface area (Å²) in [7, 11) is 0. The summed E-state index contributed by atoms with van der Waals surface area (Å²) in [6, 6.07) is 6.84. The molecule has 0 aliphatic heterocycles. The Bertz CT molecular complexity index is 570. The Kier molecular flexibility index (Phi) is 3.96. The Balaban J connectivity index is 2.14. The summed E-state index contributed by atoms with van der Waals surface area (Å²) in [5.74, 6) is 0. The van der Waals surface area contributed by atoms with Gasteiger partial charge in [0.1, 0.15) is 0 Å². The van der Waals surface area contributed by atoms with E-state index in [0.29, 0.717) is 16.4 Å². The maximum Gasteiger partial charge on any atom is 0.445 e. The molecule has 8 heteroatoms. The third-order valence-electron chi connectivity index (χ3n) is 2.38. The highest BCUT2D eigenvalue weighted by atomic mass is 35.5. The molecule has 0 aliphatic carbocycles. The highest BCUT2D eigenvalue weighted by Gasteiger charge is 2.35. The predicted octanol–water partition coefficient (Wildman–Crippen LogP) is 4.38. The van der Waals surface area contributed by atoms with Gasteiger partial charge in [0.15, 0.2) is 0 Å². The molecule has 1 N–H and O–H groups in total. The van der Waals surface area contributed by atoms with E-state index in [1.165, 1.54) is 0 Å². The lowest BCUT2D eigenvalue weighted by Crippen LogP contribution is -2.06. The van der Waals surface area contributed by atoms with E-state index in [0.717, 1.165) is 5.56 Å². The van der Waals surface area contributed by atoms with Crippen LogP contribution in [0.1, 0.15) is 23.5 Å². The van der Waals surface area contributed by atoms with Crippen molar-refractivity contribution in [1.82, 2.24) is 10.2 Å². The molecule has 2 aromatic rings. The Morgan fingerprint density at radius 3 is 2.53 bits per heavy atom. The van der Waals surface area contributed by atoms with E-state index in [2.05, 4.69) is 15.5 Å². The van der Waals surface area contributed by atoms with E-state index < -0.39 is 11.2 Å². The molecule has 19 heavy (non-hydrogen) atoms. The zero-order chi connectivity index (χ0) is 14.0. The molecule has 1 unspecified atom stereocenters. The summed E-state index contributed by atoms with van der Waals surface area (Å²) in [6.45, 7) is 1.79. The molecule has 3 nitrogen and oxygen atoms in total. The Morgan fingerprint density at radius 2 is 1.95 bits per heavy atom. The van der Waals surface area contributed by atoms with Gasteiger partial charge in [0.25, 0.3) is 0 Å². The van der Waals surface area contributed by atoms with Crippen molar-refractivity contribution in [3.8, 4) is 0 Å². The first kappa shape index (κ1) is 14.1. The van der Waals surface area contributed by atoms with Crippen molar-refractivity contribution in [2.24, 2.45) is 0 Å². The summed E-state index contributed by atoms with van der Waals surface area (Å²) >= 11 is 6.48. The van der Waals surface area contributed by atoms with Crippen molar-refractivity contribution in [1.29, 1.82) is 0 Å². The number of halogens is 4. The van der Waals surface area contributed by atoms with Gasteiger partial charge in [0.2, 0.25) is 10.1 Å². The molecule has 1 atom stereocenters. The second-order valence-electron chi connectivity index (χ2n) is 3.80. The Labute approximate surface area is 116 Å². The minimum Gasteiger partial charge on any atom is -0.354 e. The molecule has 0 aliphatic rings. The maximum absolute atomic E-state index is 12.4. The van der Waals surface area contributed by atoms with Gasteiger partial charge >= 0.3 is 6.18 Å². The molecule has 1 aromatic heterocycles. The number of nitrogens with zero attached hydrogens (tertiary/aromatic N) is 2. The van der Waals surface area contributed by atoms with Gasteiger partial charge in [-0.1, -0.05) is 41.1 Å². The van der Waals surface area contributed by atoms with Crippen molar-refractivity contribution >= 4 is 28.1 Å². The van der Waals surface area contributed by atoms with Crippen molar-refractivity contribution in [3.63, 3.8) is 0 Å². The van der Waals surface area contributed by atoms with Crippen LogP contribution in [0.3, 0.4) is 0 Å². The summed E-state index contributed by atoms with van der Waals surface area (Å²) in [5.41, 5.74) is 0.785. The maximum atomic E-state index is 12.4. The molecule has 2 rings (SSSR count). The summed E-state index contributed by atoms with van der Waals surface area (Å²) in [4.78, 5) is 0. The zero-order valence-corrected chi connectivity index (χ0v) is 11.3. The number of benzene rings is 1. The van der Waals surface area contributed by atoms with Crippen LogP contribution < -0.4 is 5.32 Å². The molecule has 0 amide bonds. The number of hydrogen-bond acceptors (Lipinski definition) is 4. The number of aromatic nitrogens is 2. The van der Waals surface area contributed by atoms with Crippen molar-refractivity contribution in [2.45, 2.75) is 19.1 Å². The second kappa shape index (κ2) is 5.34. The predicted molar refractivity (Wildman–Crippen MR) is 68.4 cm³/mol. The van der Waals surface area contributed by atoms with Gasteiger partial charge in [-0.2, -0.15) is 13.2 Å². The standard InChI is InChI=1S/C11H9ClF3N3S/c1-6(7-4-2-3-5-8(7)12)16-10-18-17-9(19-10)11(13,14)15/h2-6H,1H3,(H,16,18). The summed E-state index contributed by atoms with van der Waals surface area (Å²) in [6.07, 6.45) is -4.47. The van der Waals surface area contributed by atoms with Gasteiger partial charge in [-0.3, -0.25) is 0 Å². The van der Waals surface area contributed by atoms with Crippen LogP contribution in [0.5, 0.6) is 0 Å². The molecule has 0 saturated carbocycles. The smallest absolute Gasteiger partial charge is 0.354 e. The van der Waals surface area contributed by atoms with Gasteiger partial charge < -0.3 is 5.32 Å². The first-order valence-electron chi connectivity index (χ1n) is 5.29. The van der Waals surface area contributed by atoms with Crippen LogP contribution in [0.4, 0.5) is 18.3 Å². The topological polar surface area (TPSA) is 37.8 Å². The van der Waals surface area contributed by atoms with E-state index in [-0.39, 0.29) is 11.2 Å². The van der Waals surface area contributed by atoms with Crippen LogP contribution in [0, 0.1) is 0 Å². The van der Waals surface area contributed by atoms with Crippen LogP contribution in [-0.4, -0.2) is 10.2 Å². The van der Waals surface area contributed by atoms with E-state index in [1.54, 1.807) is 31.2 Å². The number of alkyl halides is 3. The minimum atomic E-state index is -4.47. The first-order valence-corrected chi connectivity index (χ1v) is 6.49. The van der Waals surface area contributed by atoms with Crippen LogP contribution in [0.15, 0.2) is 24.3 Å². The second-order valence-corrected chi connectivity index (χ2v) is 5.18. The fourth-order valence-corrected chi connectivity index (χ4v) is 2.48. The third kappa shape index (κ3) is 3.36. The van der Waals surface area contributed by atoms with E-state index >= 15 is 0 Å². The van der Waals surface area contributed by atoms with Crippen LogP contribution in [0.25, 0.3) is 0 Å². The average molecular weight is 308 g/mol. The van der Waals surface area contributed by atoms with Gasteiger partial charge in [0, 0.05) is 5.02 Å². The molecular weight excluding hydrogens is 299 g/mol. The van der Waals surface area contributed by atoms with Gasteiger partial charge in [-0.25, -0.2) is 0 Å². The number of rotatable bonds is 3. The molecule has 0 bridgehead atoms. The lowest BCUT2D eigenvalue weighted by atomic mass is 10.1. The quantitative estimate of drug-likeness (QED) is 0.914. The number of hydrogen-bond donors (Lipinski definition) is 1. The fourth-order valence-electron chi connectivity index (χ4n) is 1.49. The third-order valence-corrected chi connectivity index (χ3v) is 3.62. The fraction of sp³-hybridized carbons (Fsp3) is 0.273. The molecule has 1 heterocycles. The van der Waals surface area contributed by atoms with Crippen LogP contribution >= 0.6 is 22.9 Å². The average Bonchev–Trinajstić information content (AvgIpc) is 2.77. The lowest BCUT2D eigenvalue weighted by molar-refractivity contribution is -0.138. The highest BCUT2D eigenvalue weighted by molar-refractivity contribution is 7.15. The Hall–Kier alpha value is -1.34. The Morgan fingerprint density at radius 1 is 1.26 bits per heavy atom. The largest absolute Gasteiger partial charge is 0.445 e. The highest BCUT2D eigenvalue weighted by Crippen LogP contribution is 2.34. The van der Waals surface area contributed by atoms with Crippen LogP contribution in [0.2, 0.25) is 5.02 Å². The minimum absolute atomic E-state index is 0.111. The van der Waals surface area contributed by atoms with Gasteiger partial charge in [0.05, 0.1) is 6.04 Å².